The standard InChI is InChI=1S/C34H65N2O6P/c1-6-8-10-12-14-15-16-17-18-19-20-22-24-26-28-34(38)35-32(33(37)27-25-23-21-13-11-9-7-2)31-42-43(39,40)41-30-29-36(3,4)5/h12,14,16-17,25,27,32-33,37H,6-11,13,15,18-24,26,28-31H2,1-5H3,(H-,35,38,39,40)/b14-12-,17-16-,27-25+. The Morgan fingerprint density at radius 2 is 1.37 bits per heavy atom. The van der Waals surface area contributed by atoms with Gasteiger partial charge in [-0.1, -0.05) is 108 Å². The number of unbranched alkanes of at least 4 members (excludes halogenated alkanes) is 12. The largest absolute Gasteiger partial charge is 0.756 e. The number of amides is 1. The Hall–Kier alpha value is -1.28. The SMILES string of the molecule is CCCC/C=C\C/C=C\CCCCCCCC(=O)NC(COP(=O)([O-])OCC[N+](C)(C)C)C(O)/C=C/CCCCCCC. The molecule has 2 N–H and O–H groups in total. The Balaban J connectivity index is 4.55. The number of likely N-dealkylation sites (N-methyl/N-ethyl adjacent to an activating group) is 1. The van der Waals surface area contributed by atoms with Gasteiger partial charge in [-0.15, -0.1) is 0 Å². The first-order valence-electron chi connectivity index (χ1n) is 16.9. The number of aliphatic hydroxyl groups is 1. The van der Waals surface area contributed by atoms with Crippen LogP contribution in [0.1, 0.15) is 123 Å². The summed E-state index contributed by atoms with van der Waals surface area (Å²) >= 11 is 0. The monoisotopic (exact) mass is 628 g/mol. The minimum absolute atomic E-state index is 0.00541. The van der Waals surface area contributed by atoms with E-state index in [-0.39, 0.29) is 19.1 Å². The van der Waals surface area contributed by atoms with Crippen molar-refractivity contribution < 1.29 is 32.9 Å². The number of quaternary nitrogens is 1. The summed E-state index contributed by atoms with van der Waals surface area (Å²) in [5.74, 6) is -0.220. The van der Waals surface area contributed by atoms with Gasteiger partial charge in [-0.25, -0.2) is 0 Å². The summed E-state index contributed by atoms with van der Waals surface area (Å²) in [5.41, 5.74) is 0. The van der Waals surface area contributed by atoms with Crippen molar-refractivity contribution in [2.75, 3.05) is 40.9 Å². The van der Waals surface area contributed by atoms with Gasteiger partial charge >= 0.3 is 0 Å². The first kappa shape index (κ1) is 41.7. The Bertz CT molecular complexity index is 809. The molecule has 9 heteroatoms. The third-order valence-electron chi connectivity index (χ3n) is 7.09. The second-order valence-electron chi connectivity index (χ2n) is 12.5. The lowest BCUT2D eigenvalue weighted by molar-refractivity contribution is -0.870. The average Bonchev–Trinajstić information content (AvgIpc) is 2.94. The molecule has 0 saturated heterocycles. The molecular formula is C34H65N2O6P. The lowest BCUT2D eigenvalue weighted by Crippen LogP contribution is -2.45. The summed E-state index contributed by atoms with van der Waals surface area (Å²) in [6.07, 6.45) is 29.1. The Kier molecular flexibility index (Phi) is 26.3. The van der Waals surface area contributed by atoms with Crippen molar-refractivity contribution in [1.29, 1.82) is 0 Å². The lowest BCUT2D eigenvalue weighted by atomic mass is 10.1. The molecule has 0 radical (unpaired) electrons. The molecule has 0 aliphatic heterocycles. The van der Waals surface area contributed by atoms with Crippen LogP contribution in [0.15, 0.2) is 36.5 Å². The fraction of sp³-hybridized carbons (Fsp3) is 0.794. The van der Waals surface area contributed by atoms with Crippen LogP contribution < -0.4 is 10.2 Å². The van der Waals surface area contributed by atoms with Gasteiger partial charge in [0, 0.05) is 6.42 Å². The predicted octanol–water partition coefficient (Wildman–Crippen LogP) is 7.38. The molecule has 0 aromatic heterocycles. The summed E-state index contributed by atoms with van der Waals surface area (Å²) in [4.78, 5) is 25.0. The lowest BCUT2D eigenvalue weighted by Gasteiger charge is -2.29. The minimum atomic E-state index is -4.57. The molecule has 0 bridgehead atoms. The van der Waals surface area contributed by atoms with Gasteiger partial charge in [-0.3, -0.25) is 9.36 Å². The van der Waals surface area contributed by atoms with Crippen molar-refractivity contribution in [3.8, 4) is 0 Å². The molecule has 0 aromatic carbocycles. The molecule has 0 aliphatic rings. The molecule has 3 atom stereocenters. The molecule has 0 aliphatic carbocycles. The zero-order valence-corrected chi connectivity index (χ0v) is 29.0. The zero-order chi connectivity index (χ0) is 32.2. The number of carbonyl (C=O) groups excluding carboxylic acids is 1. The van der Waals surface area contributed by atoms with E-state index in [9.17, 15) is 19.4 Å². The van der Waals surface area contributed by atoms with Crippen molar-refractivity contribution in [3.05, 3.63) is 36.5 Å². The van der Waals surface area contributed by atoms with Crippen LogP contribution in [0.5, 0.6) is 0 Å². The van der Waals surface area contributed by atoms with Crippen LogP contribution in [-0.4, -0.2) is 68.5 Å². The van der Waals surface area contributed by atoms with E-state index in [0.717, 1.165) is 64.2 Å². The first-order valence-corrected chi connectivity index (χ1v) is 18.3. The quantitative estimate of drug-likeness (QED) is 0.0387. The van der Waals surface area contributed by atoms with Crippen molar-refractivity contribution in [3.63, 3.8) is 0 Å². The minimum Gasteiger partial charge on any atom is -0.756 e. The second kappa shape index (κ2) is 27.1. The van der Waals surface area contributed by atoms with Crippen molar-refractivity contribution in [1.82, 2.24) is 5.32 Å². The van der Waals surface area contributed by atoms with Gasteiger partial charge in [0.1, 0.15) is 13.2 Å². The molecule has 0 spiro atoms. The number of rotatable bonds is 29. The third kappa shape index (κ3) is 29.2. The Labute approximate surface area is 264 Å². The van der Waals surface area contributed by atoms with Gasteiger partial charge in [0.15, 0.2) is 0 Å². The van der Waals surface area contributed by atoms with E-state index < -0.39 is 20.0 Å². The number of hydrogen-bond donors (Lipinski definition) is 2. The van der Waals surface area contributed by atoms with Crippen LogP contribution in [0.2, 0.25) is 0 Å². The van der Waals surface area contributed by atoms with Crippen LogP contribution in [0.4, 0.5) is 0 Å². The Morgan fingerprint density at radius 3 is 2.00 bits per heavy atom. The molecule has 3 unspecified atom stereocenters. The number of carbonyl (C=O) groups is 1. The van der Waals surface area contributed by atoms with E-state index >= 15 is 0 Å². The first-order chi connectivity index (χ1) is 20.5. The number of aliphatic hydroxyl groups excluding tert-OH is 1. The molecule has 252 valence electrons. The molecule has 0 aromatic rings. The van der Waals surface area contributed by atoms with E-state index in [0.29, 0.717) is 17.4 Å². The second-order valence-corrected chi connectivity index (χ2v) is 13.9. The molecule has 43 heavy (non-hydrogen) atoms. The fourth-order valence-electron chi connectivity index (χ4n) is 4.28. The summed E-state index contributed by atoms with van der Waals surface area (Å²) in [6.45, 7) is 4.49. The third-order valence-corrected chi connectivity index (χ3v) is 8.06. The molecule has 1 amide bonds. The Morgan fingerprint density at radius 1 is 0.814 bits per heavy atom. The van der Waals surface area contributed by atoms with Gasteiger partial charge in [-0.05, 0) is 44.9 Å². The number of phosphoric acid groups is 1. The molecule has 0 saturated carbocycles. The number of nitrogens with one attached hydrogen (secondary N) is 1. The van der Waals surface area contributed by atoms with Gasteiger partial charge in [0.25, 0.3) is 7.82 Å². The highest BCUT2D eigenvalue weighted by molar-refractivity contribution is 7.45. The summed E-state index contributed by atoms with van der Waals surface area (Å²) in [5, 5.41) is 13.5. The van der Waals surface area contributed by atoms with Gasteiger partial charge in [-0.2, -0.15) is 0 Å². The van der Waals surface area contributed by atoms with E-state index in [4.69, 9.17) is 9.05 Å². The van der Waals surface area contributed by atoms with Crippen molar-refractivity contribution in [2.45, 2.75) is 135 Å². The highest BCUT2D eigenvalue weighted by Crippen LogP contribution is 2.38. The topological polar surface area (TPSA) is 108 Å². The number of phosphoric ester groups is 1. The van der Waals surface area contributed by atoms with Crippen LogP contribution in [-0.2, 0) is 18.4 Å². The maximum absolute atomic E-state index is 12.7. The van der Waals surface area contributed by atoms with Gasteiger partial charge in [0.05, 0.1) is 39.9 Å². The molecular weight excluding hydrogens is 563 g/mol. The van der Waals surface area contributed by atoms with Crippen LogP contribution >= 0.6 is 7.82 Å². The predicted molar refractivity (Wildman–Crippen MR) is 178 cm³/mol. The maximum Gasteiger partial charge on any atom is 0.268 e. The molecule has 0 rings (SSSR count). The van der Waals surface area contributed by atoms with Crippen molar-refractivity contribution >= 4 is 13.7 Å². The molecule has 0 heterocycles. The van der Waals surface area contributed by atoms with Crippen LogP contribution in [0, 0.1) is 0 Å². The highest BCUT2D eigenvalue weighted by Gasteiger charge is 2.23. The number of hydrogen-bond acceptors (Lipinski definition) is 6. The summed E-state index contributed by atoms with van der Waals surface area (Å²) in [7, 11) is 1.24. The normalized spacial score (nSPS) is 15.4. The molecule has 8 nitrogen and oxygen atoms in total. The maximum atomic E-state index is 12.7. The highest BCUT2D eigenvalue weighted by atomic mass is 31.2. The number of allylic oxidation sites excluding steroid dienone is 5. The van der Waals surface area contributed by atoms with E-state index in [1.54, 1.807) is 6.08 Å². The summed E-state index contributed by atoms with van der Waals surface area (Å²) in [6, 6.07) is -0.888. The van der Waals surface area contributed by atoms with Gasteiger partial charge < -0.3 is 28.8 Å². The number of nitrogens with zero attached hydrogens (tertiary/aromatic N) is 1. The molecule has 0 fully saturated rings. The zero-order valence-electron chi connectivity index (χ0n) is 28.1. The van der Waals surface area contributed by atoms with E-state index in [1.165, 1.54) is 38.5 Å². The average molecular weight is 629 g/mol. The van der Waals surface area contributed by atoms with Gasteiger partial charge in [0.2, 0.25) is 5.91 Å². The van der Waals surface area contributed by atoms with E-state index in [2.05, 4.69) is 43.5 Å². The van der Waals surface area contributed by atoms with Crippen molar-refractivity contribution in [2.24, 2.45) is 0 Å². The van der Waals surface area contributed by atoms with E-state index in [1.807, 2.05) is 27.2 Å². The summed E-state index contributed by atoms with van der Waals surface area (Å²) < 4.78 is 22.9. The van der Waals surface area contributed by atoms with Crippen LogP contribution in [0.25, 0.3) is 0 Å². The fourth-order valence-corrected chi connectivity index (χ4v) is 5.01. The van der Waals surface area contributed by atoms with Crippen LogP contribution in [0.3, 0.4) is 0 Å². The smallest absolute Gasteiger partial charge is 0.268 e.